The molecule has 0 aliphatic rings. The van der Waals surface area contributed by atoms with Crippen LogP contribution in [0.1, 0.15) is 20.8 Å². The average Bonchev–Trinajstić information content (AvgIpc) is 2.92. The minimum absolute atomic E-state index is 0.0548. The van der Waals surface area contributed by atoms with E-state index in [0.717, 1.165) is 10.4 Å². The fourth-order valence-corrected chi connectivity index (χ4v) is 2.71. The van der Waals surface area contributed by atoms with Crippen molar-refractivity contribution < 1.29 is 9.90 Å². The maximum atomic E-state index is 12.3. The second-order valence-electron chi connectivity index (χ2n) is 4.45. The van der Waals surface area contributed by atoms with Crippen LogP contribution in [0.25, 0.3) is 0 Å². The van der Waals surface area contributed by atoms with Crippen molar-refractivity contribution in [2.75, 3.05) is 13.7 Å². The summed E-state index contributed by atoms with van der Waals surface area (Å²) in [6.07, 6.45) is 0. The Bertz CT molecular complexity index is 682. The topological polar surface area (TPSA) is 40.5 Å². The number of nitrogens with zero attached hydrogens (tertiary/aromatic N) is 1. The van der Waals surface area contributed by atoms with Crippen molar-refractivity contribution in [3.05, 3.63) is 56.7 Å². The number of hydrogen-bond acceptors (Lipinski definition) is 3. The van der Waals surface area contributed by atoms with Gasteiger partial charge in [-0.1, -0.05) is 23.4 Å². The number of aliphatic hydroxyl groups is 1. The van der Waals surface area contributed by atoms with Gasteiger partial charge in [-0.2, -0.15) is 0 Å². The molecule has 0 aliphatic heterocycles. The largest absolute Gasteiger partial charge is 0.384 e. The monoisotopic (exact) mass is 319 g/mol. The molecular weight excluding hydrogens is 306 g/mol. The molecule has 1 amide bonds. The number of thiophene rings is 1. The summed E-state index contributed by atoms with van der Waals surface area (Å²) in [5.74, 6) is 5.41. The number of amides is 1. The van der Waals surface area contributed by atoms with Crippen molar-refractivity contribution in [2.45, 2.75) is 6.54 Å². The smallest absolute Gasteiger partial charge is 0.253 e. The third kappa shape index (κ3) is 4.33. The predicted octanol–water partition coefficient (Wildman–Crippen LogP) is 3.02. The molecule has 1 heterocycles. The van der Waals surface area contributed by atoms with E-state index in [-0.39, 0.29) is 12.5 Å². The highest BCUT2D eigenvalue weighted by molar-refractivity contribution is 7.10. The maximum absolute atomic E-state index is 12.3. The number of benzene rings is 1. The number of carbonyl (C=O) groups is 1. The van der Waals surface area contributed by atoms with Gasteiger partial charge in [0.05, 0.1) is 4.88 Å². The number of carbonyl (C=O) groups excluding carboxylic acids is 1. The van der Waals surface area contributed by atoms with E-state index in [2.05, 4.69) is 11.8 Å². The van der Waals surface area contributed by atoms with E-state index in [4.69, 9.17) is 16.7 Å². The summed E-state index contributed by atoms with van der Waals surface area (Å²) in [5, 5.41) is 11.2. The highest BCUT2D eigenvalue weighted by atomic mass is 35.5. The fraction of sp³-hybridized carbons (Fsp3) is 0.188. The van der Waals surface area contributed by atoms with Crippen LogP contribution in [0.4, 0.5) is 0 Å². The lowest BCUT2D eigenvalue weighted by Crippen LogP contribution is -2.25. The molecule has 0 saturated carbocycles. The number of rotatable bonds is 3. The molecular formula is C16H14ClNO2S. The van der Waals surface area contributed by atoms with E-state index < -0.39 is 0 Å². The van der Waals surface area contributed by atoms with Gasteiger partial charge >= 0.3 is 0 Å². The molecule has 2 aromatic rings. The van der Waals surface area contributed by atoms with Crippen molar-refractivity contribution >= 4 is 28.8 Å². The minimum atomic E-state index is -0.151. The van der Waals surface area contributed by atoms with E-state index in [9.17, 15) is 4.79 Å². The molecule has 0 saturated heterocycles. The lowest BCUT2D eigenvalue weighted by molar-refractivity contribution is 0.0785. The normalized spacial score (nSPS) is 9.86. The van der Waals surface area contributed by atoms with E-state index in [1.807, 2.05) is 11.4 Å². The van der Waals surface area contributed by atoms with Crippen molar-refractivity contribution in [2.24, 2.45) is 0 Å². The van der Waals surface area contributed by atoms with Gasteiger partial charge < -0.3 is 10.0 Å². The lowest BCUT2D eigenvalue weighted by Gasteiger charge is -2.16. The molecule has 0 unspecified atom stereocenters. The average molecular weight is 320 g/mol. The van der Waals surface area contributed by atoms with E-state index in [0.29, 0.717) is 17.1 Å². The molecule has 0 fully saturated rings. The number of aliphatic hydroxyl groups excluding tert-OH is 1. The second-order valence-corrected chi connectivity index (χ2v) is 5.79. The quantitative estimate of drug-likeness (QED) is 0.883. The van der Waals surface area contributed by atoms with E-state index in [1.165, 1.54) is 11.3 Å². The highest BCUT2D eigenvalue weighted by Gasteiger charge is 2.12. The summed E-state index contributed by atoms with van der Waals surface area (Å²) in [6, 6.07) is 8.77. The van der Waals surface area contributed by atoms with Crippen LogP contribution in [0.5, 0.6) is 0 Å². The van der Waals surface area contributed by atoms with Crippen LogP contribution in [-0.4, -0.2) is 29.6 Å². The van der Waals surface area contributed by atoms with Gasteiger partial charge in [-0.3, -0.25) is 4.79 Å². The van der Waals surface area contributed by atoms with Crippen LogP contribution in [0.15, 0.2) is 35.7 Å². The minimum Gasteiger partial charge on any atom is -0.384 e. The van der Waals surface area contributed by atoms with Gasteiger partial charge in [0.15, 0.2) is 0 Å². The Morgan fingerprint density at radius 3 is 2.76 bits per heavy atom. The van der Waals surface area contributed by atoms with Gasteiger partial charge in [0, 0.05) is 24.2 Å². The first-order valence-corrected chi connectivity index (χ1v) is 7.54. The molecule has 1 aromatic carbocycles. The molecule has 1 N–H and O–H groups in total. The molecule has 3 nitrogen and oxygen atoms in total. The zero-order valence-electron chi connectivity index (χ0n) is 11.5. The fourth-order valence-electron chi connectivity index (χ4n) is 1.81. The first-order valence-electron chi connectivity index (χ1n) is 6.28. The first-order chi connectivity index (χ1) is 10.1. The molecule has 0 spiro atoms. The van der Waals surface area contributed by atoms with Crippen molar-refractivity contribution in [3.8, 4) is 11.8 Å². The van der Waals surface area contributed by atoms with Crippen molar-refractivity contribution in [1.82, 2.24) is 4.90 Å². The Balaban J connectivity index is 2.03. The Morgan fingerprint density at radius 2 is 2.10 bits per heavy atom. The Kier molecular flexibility index (Phi) is 5.40. The molecule has 5 heteroatoms. The van der Waals surface area contributed by atoms with Gasteiger partial charge in [-0.05, 0) is 41.3 Å². The molecule has 0 bridgehead atoms. The van der Waals surface area contributed by atoms with Crippen LogP contribution in [-0.2, 0) is 6.54 Å². The van der Waals surface area contributed by atoms with Crippen LogP contribution in [0.2, 0.25) is 5.02 Å². The standard InChI is InChI=1S/C16H14ClNO2S/c1-18(16(20)13-4-6-14(17)7-5-13)10-12-9-15(21-11-12)3-2-8-19/h4-7,9,11,19H,8,10H2,1H3. The molecule has 0 aliphatic carbocycles. The predicted molar refractivity (Wildman–Crippen MR) is 85.5 cm³/mol. The summed E-state index contributed by atoms with van der Waals surface area (Å²) >= 11 is 7.32. The molecule has 2 rings (SSSR count). The first kappa shape index (κ1) is 15.6. The van der Waals surface area contributed by atoms with E-state index in [1.54, 1.807) is 36.2 Å². The molecule has 0 atom stereocenters. The van der Waals surface area contributed by atoms with Crippen LogP contribution in [0, 0.1) is 11.8 Å². The summed E-state index contributed by atoms with van der Waals surface area (Å²) < 4.78 is 0. The molecule has 21 heavy (non-hydrogen) atoms. The number of hydrogen-bond donors (Lipinski definition) is 1. The van der Waals surface area contributed by atoms with Gasteiger partial charge in [0.2, 0.25) is 0 Å². The van der Waals surface area contributed by atoms with E-state index >= 15 is 0 Å². The van der Waals surface area contributed by atoms with Gasteiger partial charge in [-0.25, -0.2) is 0 Å². The van der Waals surface area contributed by atoms with Crippen molar-refractivity contribution in [3.63, 3.8) is 0 Å². The van der Waals surface area contributed by atoms with Gasteiger partial charge in [-0.15, -0.1) is 11.3 Å². The Labute approximate surface area is 132 Å². The van der Waals surface area contributed by atoms with Crippen LogP contribution >= 0.6 is 22.9 Å². The van der Waals surface area contributed by atoms with Gasteiger partial charge in [0.25, 0.3) is 5.91 Å². The lowest BCUT2D eigenvalue weighted by atomic mass is 10.2. The molecule has 108 valence electrons. The van der Waals surface area contributed by atoms with Gasteiger partial charge in [0.1, 0.15) is 6.61 Å². The summed E-state index contributed by atoms with van der Waals surface area (Å²) in [4.78, 5) is 14.8. The zero-order chi connectivity index (χ0) is 15.2. The third-order valence-electron chi connectivity index (χ3n) is 2.80. The summed E-state index contributed by atoms with van der Waals surface area (Å²) in [5.41, 5.74) is 1.63. The number of halogens is 1. The Morgan fingerprint density at radius 1 is 1.38 bits per heavy atom. The van der Waals surface area contributed by atoms with Crippen molar-refractivity contribution in [1.29, 1.82) is 0 Å². The van der Waals surface area contributed by atoms with Crippen LogP contribution in [0.3, 0.4) is 0 Å². The maximum Gasteiger partial charge on any atom is 0.253 e. The summed E-state index contributed by atoms with van der Waals surface area (Å²) in [7, 11) is 1.76. The SMILES string of the molecule is CN(Cc1csc(C#CCO)c1)C(=O)c1ccc(Cl)cc1. The highest BCUT2D eigenvalue weighted by Crippen LogP contribution is 2.17. The second kappa shape index (κ2) is 7.28. The zero-order valence-corrected chi connectivity index (χ0v) is 13.0. The third-order valence-corrected chi connectivity index (χ3v) is 3.95. The molecule has 0 radical (unpaired) electrons. The summed E-state index contributed by atoms with van der Waals surface area (Å²) in [6.45, 7) is 0.362. The molecule has 1 aromatic heterocycles. The Hall–Kier alpha value is -1.80. The van der Waals surface area contributed by atoms with Crippen LogP contribution < -0.4 is 0 Å².